The Hall–Kier alpha value is -3.91. The number of ether oxygens (including phenoxy) is 1. The summed E-state index contributed by atoms with van der Waals surface area (Å²) < 4.78 is 88.3. The maximum absolute atomic E-state index is 14.9. The Morgan fingerprint density at radius 3 is 2.61 bits per heavy atom. The van der Waals surface area contributed by atoms with Crippen LogP contribution in [0.1, 0.15) is 42.1 Å². The van der Waals surface area contributed by atoms with Gasteiger partial charge in [-0.1, -0.05) is 6.07 Å². The first kappa shape index (κ1) is 30.1. The van der Waals surface area contributed by atoms with E-state index in [2.05, 4.69) is 10.3 Å². The van der Waals surface area contributed by atoms with Crippen LogP contribution in [0.25, 0.3) is 0 Å². The second kappa shape index (κ2) is 11.5. The third kappa shape index (κ3) is 6.88. The number of carbonyl (C=O) groups is 1. The third-order valence-electron chi connectivity index (χ3n) is 6.85. The molecule has 4 rings (SSSR count). The van der Waals surface area contributed by atoms with Gasteiger partial charge in [0.15, 0.2) is 17.7 Å². The van der Waals surface area contributed by atoms with Crippen LogP contribution in [0, 0.1) is 12.7 Å². The van der Waals surface area contributed by atoms with Crippen molar-refractivity contribution in [2.75, 3.05) is 18.4 Å². The molecule has 0 spiro atoms. The molecular formula is C27H26F6N4O4. The number of carbonyl (C=O) groups excluding carboxylic acids is 1. The SMILES string of the molecule is Cc1ccc(Oc2ccc(NC(=O)[C@H](C)N3CCC(F)(F)C(c4c[nH]c(=O)c(C(O)C(F)(F)F)c4)C3)nc2)c(F)c1. The molecule has 1 saturated heterocycles. The highest BCUT2D eigenvalue weighted by atomic mass is 19.4. The molecule has 1 fully saturated rings. The monoisotopic (exact) mass is 584 g/mol. The molecule has 1 aliphatic rings. The first-order valence-corrected chi connectivity index (χ1v) is 12.5. The van der Waals surface area contributed by atoms with E-state index in [-0.39, 0.29) is 29.4 Å². The highest BCUT2D eigenvalue weighted by Crippen LogP contribution is 2.41. The first-order valence-electron chi connectivity index (χ1n) is 12.5. The Morgan fingerprint density at radius 2 is 1.98 bits per heavy atom. The van der Waals surface area contributed by atoms with Crippen molar-refractivity contribution in [1.82, 2.24) is 14.9 Å². The molecule has 220 valence electrons. The van der Waals surface area contributed by atoms with Gasteiger partial charge >= 0.3 is 6.18 Å². The zero-order chi connectivity index (χ0) is 30.1. The fourth-order valence-electron chi connectivity index (χ4n) is 4.45. The number of pyridine rings is 2. The van der Waals surface area contributed by atoms with Crippen LogP contribution < -0.4 is 15.6 Å². The number of amides is 1. The molecule has 1 amide bonds. The second-order valence-corrected chi connectivity index (χ2v) is 9.80. The standard InChI is InChI=1S/C27H26F6N4O4/c1-14-3-5-21(20(28)9-14)41-17-4-6-22(34-12-17)36-24(39)15(2)37-8-7-26(29,30)19(13-37)16-10-18(25(40)35-11-16)23(38)27(31,32)33/h3-6,9-12,15,19,23,38H,7-8,13H2,1-2H3,(H,35,40)(H,34,36,39)/t15-,19?,23?/m0/s1. The van der Waals surface area contributed by atoms with Crippen LogP contribution in [-0.4, -0.2) is 57.1 Å². The van der Waals surface area contributed by atoms with Gasteiger partial charge in [0.1, 0.15) is 11.6 Å². The Bertz CT molecular complexity index is 1460. The Balaban J connectivity index is 1.45. The molecule has 41 heavy (non-hydrogen) atoms. The third-order valence-corrected chi connectivity index (χ3v) is 6.85. The molecule has 0 aliphatic carbocycles. The molecule has 3 N–H and O–H groups in total. The highest BCUT2D eigenvalue weighted by molar-refractivity contribution is 5.93. The number of aliphatic hydroxyl groups excluding tert-OH is 1. The number of aryl methyl sites for hydroxylation is 1. The van der Waals surface area contributed by atoms with Gasteiger partial charge in [0.25, 0.3) is 11.5 Å². The van der Waals surface area contributed by atoms with E-state index >= 15 is 0 Å². The van der Waals surface area contributed by atoms with E-state index in [1.165, 1.54) is 42.3 Å². The van der Waals surface area contributed by atoms with Gasteiger partial charge in [0.2, 0.25) is 5.91 Å². The number of nitrogens with zero attached hydrogens (tertiary/aromatic N) is 2. The van der Waals surface area contributed by atoms with Crippen LogP contribution in [-0.2, 0) is 4.79 Å². The highest BCUT2D eigenvalue weighted by Gasteiger charge is 2.47. The Morgan fingerprint density at radius 1 is 1.24 bits per heavy atom. The smallest absolute Gasteiger partial charge is 0.418 e. The molecule has 3 atom stereocenters. The number of benzene rings is 1. The number of likely N-dealkylation sites (tertiary alicyclic amines) is 1. The molecule has 1 aromatic carbocycles. The predicted molar refractivity (Wildman–Crippen MR) is 135 cm³/mol. The number of hydrogen-bond donors (Lipinski definition) is 3. The molecule has 2 unspecified atom stereocenters. The number of aromatic nitrogens is 2. The van der Waals surface area contributed by atoms with E-state index in [1.807, 2.05) is 4.98 Å². The summed E-state index contributed by atoms with van der Waals surface area (Å²) in [4.78, 5) is 32.3. The minimum absolute atomic E-state index is 0.0122. The maximum Gasteiger partial charge on any atom is 0.418 e. The van der Waals surface area contributed by atoms with Gasteiger partial charge in [0, 0.05) is 25.7 Å². The lowest BCUT2D eigenvalue weighted by Gasteiger charge is -2.40. The van der Waals surface area contributed by atoms with Crippen molar-refractivity contribution in [1.29, 1.82) is 0 Å². The number of piperidine rings is 1. The Kier molecular flexibility index (Phi) is 8.45. The molecule has 3 heterocycles. The average Bonchev–Trinajstić information content (AvgIpc) is 2.90. The van der Waals surface area contributed by atoms with Crippen LogP contribution in [0.15, 0.2) is 53.6 Å². The number of hydrogen-bond acceptors (Lipinski definition) is 6. The number of H-pyrrole nitrogens is 1. The quantitative estimate of drug-likeness (QED) is 0.336. The van der Waals surface area contributed by atoms with E-state index in [0.717, 1.165) is 6.20 Å². The van der Waals surface area contributed by atoms with Crippen LogP contribution in [0.4, 0.5) is 32.2 Å². The predicted octanol–water partition coefficient (Wildman–Crippen LogP) is 5.06. The molecular weight excluding hydrogens is 558 g/mol. The number of rotatable bonds is 7. The fourth-order valence-corrected chi connectivity index (χ4v) is 4.45. The number of halogens is 6. The van der Waals surface area contributed by atoms with E-state index in [0.29, 0.717) is 11.6 Å². The summed E-state index contributed by atoms with van der Waals surface area (Å²) in [5.41, 5.74) is -1.95. The molecule has 0 saturated carbocycles. The minimum atomic E-state index is -5.17. The van der Waals surface area contributed by atoms with E-state index in [1.54, 1.807) is 13.0 Å². The zero-order valence-corrected chi connectivity index (χ0v) is 21.8. The van der Waals surface area contributed by atoms with Crippen molar-refractivity contribution in [2.45, 2.75) is 50.4 Å². The average molecular weight is 585 g/mol. The molecule has 1 aliphatic heterocycles. The summed E-state index contributed by atoms with van der Waals surface area (Å²) in [6, 6.07) is 6.98. The summed E-state index contributed by atoms with van der Waals surface area (Å²) in [5.74, 6) is -5.87. The maximum atomic E-state index is 14.9. The van der Waals surface area contributed by atoms with Gasteiger partial charge in [0.05, 0.1) is 23.7 Å². The number of anilines is 1. The Labute approximate surface area is 230 Å². The number of aromatic amines is 1. The summed E-state index contributed by atoms with van der Waals surface area (Å²) >= 11 is 0. The summed E-state index contributed by atoms with van der Waals surface area (Å²) in [7, 11) is 0. The van der Waals surface area contributed by atoms with Crippen molar-refractivity contribution in [2.24, 2.45) is 0 Å². The van der Waals surface area contributed by atoms with E-state index in [9.17, 15) is 41.0 Å². The first-order chi connectivity index (χ1) is 19.2. The molecule has 2 aromatic heterocycles. The van der Waals surface area contributed by atoms with Crippen molar-refractivity contribution < 1.29 is 41.0 Å². The normalized spacial score (nSPS) is 18.9. The van der Waals surface area contributed by atoms with Crippen molar-refractivity contribution in [3.63, 3.8) is 0 Å². The van der Waals surface area contributed by atoms with Crippen molar-refractivity contribution >= 4 is 11.7 Å². The number of aliphatic hydroxyl groups is 1. The van der Waals surface area contributed by atoms with Crippen molar-refractivity contribution in [3.05, 3.63) is 81.7 Å². The van der Waals surface area contributed by atoms with Crippen molar-refractivity contribution in [3.8, 4) is 11.5 Å². The van der Waals surface area contributed by atoms with Gasteiger partial charge in [-0.05, 0) is 55.3 Å². The lowest BCUT2D eigenvalue weighted by Crippen LogP contribution is -2.52. The van der Waals surface area contributed by atoms with Gasteiger partial charge in [-0.15, -0.1) is 0 Å². The van der Waals surface area contributed by atoms with Crippen LogP contribution in [0.2, 0.25) is 0 Å². The topological polar surface area (TPSA) is 108 Å². The summed E-state index contributed by atoms with van der Waals surface area (Å²) in [6.07, 6.45) is -6.87. The van der Waals surface area contributed by atoms with Crippen LogP contribution in [0.5, 0.6) is 11.5 Å². The van der Waals surface area contributed by atoms with Gasteiger partial charge < -0.3 is 20.1 Å². The summed E-state index contributed by atoms with van der Waals surface area (Å²) in [6.45, 7) is 2.59. The van der Waals surface area contributed by atoms with Gasteiger partial charge in [-0.2, -0.15) is 13.2 Å². The van der Waals surface area contributed by atoms with Gasteiger partial charge in [-0.25, -0.2) is 18.2 Å². The molecule has 14 heteroatoms. The number of alkyl halides is 5. The van der Waals surface area contributed by atoms with Gasteiger partial charge in [-0.3, -0.25) is 14.5 Å². The largest absolute Gasteiger partial charge is 0.453 e. The van der Waals surface area contributed by atoms with E-state index < -0.39 is 66.0 Å². The minimum Gasteiger partial charge on any atom is -0.453 e. The lowest BCUT2D eigenvalue weighted by atomic mass is 9.86. The molecule has 0 bridgehead atoms. The van der Waals surface area contributed by atoms with E-state index in [4.69, 9.17) is 4.74 Å². The molecule has 8 nitrogen and oxygen atoms in total. The zero-order valence-electron chi connectivity index (χ0n) is 21.8. The molecule has 3 aromatic rings. The molecule has 0 radical (unpaired) electrons. The summed E-state index contributed by atoms with van der Waals surface area (Å²) in [5, 5.41) is 12.1. The fraction of sp³-hybridized carbons (Fsp3) is 0.370. The lowest BCUT2D eigenvalue weighted by molar-refractivity contribution is -0.207. The second-order valence-electron chi connectivity index (χ2n) is 9.80. The van der Waals surface area contributed by atoms with Crippen LogP contribution >= 0.6 is 0 Å². The van der Waals surface area contributed by atoms with Crippen LogP contribution in [0.3, 0.4) is 0 Å². The number of nitrogens with one attached hydrogen (secondary N) is 2.